The van der Waals surface area contributed by atoms with E-state index in [-0.39, 0.29) is 18.2 Å². The van der Waals surface area contributed by atoms with Crippen molar-refractivity contribution in [3.8, 4) is 0 Å². The summed E-state index contributed by atoms with van der Waals surface area (Å²) in [6.07, 6.45) is 1.61. The minimum absolute atomic E-state index is 0. The van der Waals surface area contributed by atoms with Crippen molar-refractivity contribution < 1.29 is 4.39 Å². The van der Waals surface area contributed by atoms with Crippen LogP contribution in [0.25, 0.3) is 0 Å². The van der Waals surface area contributed by atoms with E-state index in [0.717, 1.165) is 32.7 Å². The topological polar surface area (TPSA) is 18.8 Å². The number of hydrogen-bond donors (Lipinski definition) is 0. The largest absolute Gasteiger partial charge is 0.295 e. The Kier molecular flexibility index (Phi) is 6.56. The molecule has 3 rings (SSSR count). The number of piperazine rings is 1. The summed E-state index contributed by atoms with van der Waals surface area (Å²) in [5, 5.41) is 6.41. The highest BCUT2D eigenvalue weighted by molar-refractivity contribution is 5.85. The van der Waals surface area contributed by atoms with Crippen molar-refractivity contribution in [2.24, 2.45) is 5.10 Å². The van der Waals surface area contributed by atoms with Gasteiger partial charge in [0.15, 0.2) is 0 Å². The number of hydrazone groups is 1. The van der Waals surface area contributed by atoms with Crippen LogP contribution < -0.4 is 0 Å². The fraction of sp³-hybridized carbons (Fsp3) is 0.278. The normalized spacial score (nSPS) is 15.6. The van der Waals surface area contributed by atoms with Crippen molar-refractivity contribution in [1.29, 1.82) is 0 Å². The van der Waals surface area contributed by atoms with E-state index in [1.807, 2.05) is 17.1 Å². The van der Waals surface area contributed by atoms with Gasteiger partial charge in [0, 0.05) is 38.3 Å². The van der Waals surface area contributed by atoms with Gasteiger partial charge < -0.3 is 0 Å². The molecule has 1 heterocycles. The SMILES string of the molecule is Cl.Fc1ccccc1C=NN1CCN(Cc2ccccc2)CC1. The monoisotopic (exact) mass is 333 g/mol. The Labute approximate surface area is 142 Å². The summed E-state index contributed by atoms with van der Waals surface area (Å²) in [5.41, 5.74) is 1.88. The highest BCUT2D eigenvalue weighted by atomic mass is 35.5. The summed E-state index contributed by atoms with van der Waals surface area (Å²) in [5.74, 6) is -0.228. The first kappa shape index (κ1) is 17.4. The molecule has 23 heavy (non-hydrogen) atoms. The van der Waals surface area contributed by atoms with Crippen LogP contribution in [0.15, 0.2) is 59.7 Å². The number of benzene rings is 2. The molecule has 0 aliphatic carbocycles. The average Bonchev–Trinajstić information content (AvgIpc) is 2.56. The lowest BCUT2D eigenvalue weighted by molar-refractivity contribution is 0.131. The van der Waals surface area contributed by atoms with Gasteiger partial charge in [0.25, 0.3) is 0 Å². The van der Waals surface area contributed by atoms with Crippen LogP contribution in [0.5, 0.6) is 0 Å². The van der Waals surface area contributed by atoms with Gasteiger partial charge in [-0.05, 0) is 11.6 Å². The molecule has 0 spiro atoms. The van der Waals surface area contributed by atoms with E-state index in [9.17, 15) is 4.39 Å². The van der Waals surface area contributed by atoms with Crippen LogP contribution >= 0.6 is 12.4 Å². The van der Waals surface area contributed by atoms with Crippen molar-refractivity contribution in [3.05, 3.63) is 71.5 Å². The smallest absolute Gasteiger partial charge is 0.132 e. The molecule has 1 fully saturated rings. The molecule has 0 bridgehead atoms. The molecule has 0 N–H and O–H groups in total. The second-order valence-electron chi connectivity index (χ2n) is 5.48. The van der Waals surface area contributed by atoms with Gasteiger partial charge in [-0.3, -0.25) is 9.91 Å². The lowest BCUT2D eigenvalue weighted by Gasteiger charge is -2.33. The highest BCUT2D eigenvalue weighted by Gasteiger charge is 2.15. The summed E-state index contributed by atoms with van der Waals surface area (Å²) in [6, 6.07) is 17.2. The zero-order valence-electron chi connectivity index (χ0n) is 12.9. The third-order valence-electron chi connectivity index (χ3n) is 3.86. The van der Waals surface area contributed by atoms with Gasteiger partial charge in [-0.1, -0.05) is 48.5 Å². The highest BCUT2D eigenvalue weighted by Crippen LogP contribution is 2.09. The van der Waals surface area contributed by atoms with E-state index in [2.05, 4.69) is 34.3 Å². The predicted molar refractivity (Wildman–Crippen MR) is 94.5 cm³/mol. The average molecular weight is 334 g/mol. The summed E-state index contributed by atoms with van der Waals surface area (Å²) >= 11 is 0. The van der Waals surface area contributed by atoms with Crippen LogP contribution in [-0.4, -0.2) is 42.3 Å². The van der Waals surface area contributed by atoms with Crippen LogP contribution in [-0.2, 0) is 6.54 Å². The third kappa shape index (κ3) is 5.05. The predicted octanol–water partition coefficient (Wildman–Crippen LogP) is 3.40. The summed E-state index contributed by atoms with van der Waals surface area (Å²) in [6.45, 7) is 4.67. The molecule has 0 atom stereocenters. The minimum Gasteiger partial charge on any atom is -0.295 e. The number of hydrogen-bond acceptors (Lipinski definition) is 3. The van der Waals surface area contributed by atoms with Crippen molar-refractivity contribution in [1.82, 2.24) is 9.91 Å². The maximum Gasteiger partial charge on any atom is 0.132 e. The van der Waals surface area contributed by atoms with E-state index in [0.29, 0.717) is 5.56 Å². The summed E-state index contributed by atoms with van der Waals surface area (Å²) in [4.78, 5) is 2.42. The third-order valence-corrected chi connectivity index (χ3v) is 3.86. The lowest BCUT2D eigenvalue weighted by atomic mass is 10.2. The second-order valence-corrected chi connectivity index (χ2v) is 5.48. The van der Waals surface area contributed by atoms with Crippen LogP contribution in [0.4, 0.5) is 4.39 Å². The van der Waals surface area contributed by atoms with E-state index >= 15 is 0 Å². The molecule has 0 amide bonds. The van der Waals surface area contributed by atoms with Crippen molar-refractivity contribution >= 4 is 18.6 Å². The van der Waals surface area contributed by atoms with Crippen molar-refractivity contribution in [3.63, 3.8) is 0 Å². The zero-order valence-corrected chi connectivity index (χ0v) is 13.8. The van der Waals surface area contributed by atoms with E-state index in [4.69, 9.17) is 0 Å². The van der Waals surface area contributed by atoms with Crippen LogP contribution in [0.2, 0.25) is 0 Å². The molecule has 2 aromatic rings. The minimum atomic E-state index is -0.228. The fourth-order valence-corrected chi connectivity index (χ4v) is 2.58. The molecule has 1 aliphatic rings. The first-order chi connectivity index (χ1) is 10.8. The molecule has 2 aromatic carbocycles. The van der Waals surface area contributed by atoms with Gasteiger partial charge in [0.05, 0.1) is 6.21 Å². The summed E-state index contributed by atoms with van der Waals surface area (Å²) in [7, 11) is 0. The molecule has 122 valence electrons. The standard InChI is InChI=1S/C18H20FN3.ClH/c19-18-9-5-4-8-17(18)14-20-22-12-10-21(11-13-22)15-16-6-2-1-3-7-16;/h1-9,14H,10-13,15H2;1H. The zero-order chi connectivity index (χ0) is 15.2. The van der Waals surface area contributed by atoms with Gasteiger partial charge in [-0.2, -0.15) is 5.10 Å². The number of rotatable bonds is 4. The molecule has 1 saturated heterocycles. The van der Waals surface area contributed by atoms with E-state index < -0.39 is 0 Å². The molecule has 0 unspecified atom stereocenters. The maximum atomic E-state index is 13.5. The maximum absolute atomic E-state index is 13.5. The van der Waals surface area contributed by atoms with Crippen LogP contribution in [0.3, 0.4) is 0 Å². The molecule has 0 saturated carbocycles. The van der Waals surface area contributed by atoms with Crippen molar-refractivity contribution in [2.45, 2.75) is 6.54 Å². The quantitative estimate of drug-likeness (QED) is 0.799. The van der Waals surface area contributed by atoms with Gasteiger partial charge in [-0.15, -0.1) is 12.4 Å². The number of halogens is 2. The van der Waals surface area contributed by atoms with E-state index in [1.165, 1.54) is 11.6 Å². The van der Waals surface area contributed by atoms with Gasteiger partial charge in [-0.25, -0.2) is 4.39 Å². The summed E-state index contributed by atoms with van der Waals surface area (Å²) < 4.78 is 13.5. The van der Waals surface area contributed by atoms with Gasteiger partial charge in [0.2, 0.25) is 0 Å². The second kappa shape index (κ2) is 8.65. The lowest BCUT2D eigenvalue weighted by Crippen LogP contribution is -2.43. The molecule has 1 aliphatic heterocycles. The Bertz CT molecular complexity index is 625. The Morgan fingerprint density at radius 1 is 0.913 bits per heavy atom. The molecule has 0 aromatic heterocycles. The van der Waals surface area contributed by atoms with E-state index in [1.54, 1.807) is 18.3 Å². The van der Waals surface area contributed by atoms with Gasteiger partial charge in [0.1, 0.15) is 5.82 Å². The molecule has 0 radical (unpaired) electrons. The number of nitrogens with zero attached hydrogens (tertiary/aromatic N) is 3. The Hall–Kier alpha value is -1.91. The fourth-order valence-electron chi connectivity index (χ4n) is 2.58. The Morgan fingerprint density at radius 3 is 2.26 bits per heavy atom. The van der Waals surface area contributed by atoms with Crippen molar-refractivity contribution in [2.75, 3.05) is 26.2 Å². The molecular weight excluding hydrogens is 313 g/mol. The van der Waals surface area contributed by atoms with Crippen LogP contribution in [0.1, 0.15) is 11.1 Å². The van der Waals surface area contributed by atoms with Gasteiger partial charge >= 0.3 is 0 Å². The molecular formula is C18H21ClFN3. The Morgan fingerprint density at radius 2 is 1.57 bits per heavy atom. The Balaban J connectivity index is 0.00000192. The first-order valence-corrected chi connectivity index (χ1v) is 7.61. The van der Waals surface area contributed by atoms with Crippen LogP contribution in [0, 0.1) is 5.82 Å². The molecule has 5 heteroatoms. The first-order valence-electron chi connectivity index (χ1n) is 7.61. The molecule has 3 nitrogen and oxygen atoms in total.